The van der Waals surface area contributed by atoms with Crippen molar-refractivity contribution in [2.24, 2.45) is 20.5 Å². The molecular formula is C24H19N5O3. The van der Waals surface area contributed by atoms with Crippen LogP contribution < -0.4 is 0 Å². The lowest BCUT2D eigenvalue weighted by molar-refractivity contribution is -0.384. The minimum absolute atomic E-state index is 0.0126. The van der Waals surface area contributed by atoms with E-state index in [4.69, 9.17) is 5.11 Å². The van der Waals surface area contributed by atoms with E-state index in [1.54, 1.807) is 12.1 Å². The van der Waals surface area contributed by atoms with Crippen molar-refractivity contribution < 1.29 is 10.0 Å². The highest BCUT2D eigenvalue weighted by molar-refractivity contribution is 5.45. The summed E-state index contributed by atoms with van der Waals surface area (Å²) >= 11 is 0. The Bertz CT molecular complexity index is 1140. The molecule has 0 bridgehead atoms. The molecule has 0 aliphatic rings. The molecule has 158 valence electrons. The first-order valence-electron chi connectivity index (χ1n) is 9.57. The molecule has 0 aromatic heterocycles. The Balaban J connectivity index is 0.000000186. The number of nitro groups is 1. The number of azo groups is 2. The SMILES string of the molecule is O=[N+]([O-])c1ccc(N=Nc2ccc(O)cc2)cc1.c1ccc(N=Nc2ccccc2)cc1. The van der Waals surface area contributed by atoms with Crippen LogP contribution in [0.4, 0.5) is 28.4 Å². The predicted octanol–water partition coefficient (Wildman–Crippen LogP) is 7.82. The fourth-order valence-electron chi connectivity index (χ4n) is 2.38. The molecule has 0 saturated heterocycles. The van der Waals surface area contributed by atoms with E-state index in [-0.39, 0.29) is 11.4 Å². The molecule has 8 nitrogen and oxygen atoms in total. The van der Waals surface area contributed by atoms with Gasteiger partial charge in [0.25, 0.3) is 5.69 Å². The molecule has 0 spiro atoms. The number of aromatic hydroxyl groups is 1. The summed E-state index contributed by atoms with van der Waals surface area (Å²) in [5.74, 6) is 0.157. The van der Waals surface area contributed by atoms with Crippen LogP contribution in [0.15, 0.2) is 130 Å². The summed E-state index contributed by atoms with van der Waals surface area (Å²) in [7, 11) is 0. The van der Waals surface area contributed by atoms with E-state index in [1.807, 2.05) is 60.7 Å². The first-order valence-corrected chi connectivity index (χ1v) is 9.57. The second kappa shape index (κ2) is 11.5. The van der Waals surface area contributed by atoms with Gasteiger partial charge in [0, 0.05) is 12.1 Å². The van der Waals surface area contributed by atoms with Crippen molar-refractivity contribution in [2.45, 2.75) is 0 Å². The van der Waals surface area contributed by atoms with Gasteiger partial charge in [-0.15, -0.1) is 0 Å². The normalized spacial score (nSPS) is 10.6. The Morgan fingerprint density at radius 3 is 1.25 bits per heavy atom. The van der Waals surface area contributed by atoms with Crippen molar-refractivity contribution in [1.82, 2.24) is 0 Å². The zero-order valence-electron chi connectivity index (χ0n) is 16.9. The average molecular weight is 425 g/mol. The maximum absolute atomic E-state index is 10.5. The maximum atomic E-state index is 10.5. The van der Waals surface area contributed by atoms with Crippen LogP contribution in [0, 0.1) is 10.1 Å². The van der Waals surface area contributed by atoms with E-state index in [0.29, 0.717) is 11.4 Å². The second-order valence-corrected chi connectivity index (χ2v) is 6.36. The van der Waals surface area contributed by atoms with Gasteiger partial charge in [-0.25, -0.2) is 0 Å². The molecule has 0 atom stereocenters. The molecule has 32 heavy (non-hydrogen) atoms. The molecule has 0 radical (unpaired) electrons. The van der Waals surface area contributed by atoms with Crippen molar-refractivity contribution in [3.05, 3.63) is 119 Å². The van der Waals surface area contributed by atoms with Crippen LogP contribution in [0.5, 0.6) is 5.75 Å². The van der Waals surface area contributed by atoms with Gasteiger partial charge in [0.1, 0.15) is 5.75 Å². The lowest BCUT2D eigenvalue weighted by Crippen LogP contribution is -1.85. The number of phenolic OH excluding ortho intramolecular Hbond substituents is 1. The van der Waals surface area contributed by atoms with Crippen LogP contribution >= 0.6 is 0 Å². The molecule has 1 N–H and O–H groups in total. The van der Waals surface area contributed by atoms with Gasteiger partial charge in [0.2, 0.25) is 0 Å². The molecule has 8 heteroatoms. The molecule has 4 rings (SSSR count). The summed E-state index contributed by atoms with van der Waals surface area (Å²) in [6.45, 7) is 0. The van der Waals surface area contributed by atoms with Crippen LogP contribution in [0.1, 0.15) is 0 Å². The third-order valence-corrected chi connectivity index (χ3v) is 3.98. The van der Waals surface area contributed by atoms with Gasteiger partial charge in [-0.3, -0.25) is 10.1 Å². The number of rotatable bonds is 5. The lowest BCUT2D eigenvalue weighted by Gasteiger charge is -1.94. The molecule has 0 aliphatic carbocycles. The van der Waals surface area contributed by atoms with E-state index in [1.165, 1.54) is 36.4 Å². The van der Waals surface area contributed by atoms with E-state index in [9.17, 15) is 10.1 Å². The van der Waals surface area contributed by atoms with Crippen molar-refractivity contribution >= 4 is 28.4 Å². The first kappa shape index (κ1) is 22.0. The van der Waals surface area contributed by atoms with Crippen molar-refractivity contribution in [1.29, 1.82) is 0 Å². The van der Waals surface area contributed by atoms with Gasteiger partial charge < -0.3 is 5.11 Å². The van der Waals surface area contributed by atoms with Crippen LogP contribution in [-0.2, 0) is 0 Å². The Morgan fingerprint density at radius 2 is 0.875 bits per heavy atom. The summed E-state index contributed by atoms with van der Waals surface area (Å²) in [6, 6.07) is 31.4. The third kappa shape index (κ3) is 7.27. The van der Waals surface area contributed by atoms with Crippen LogP contribution in [0.25, 0.3) is 0 Å². The molecule has 0 aliphatic heterocycles. The Kier molecular flexibility index (Phi) is 7.87. The van der Waals surface area contributed by atoms with Crippen LogP contribution in [0.2, 0.25) is 0 Å². The maximum Gasteiger partial charge on any atom is 0.269 e. The molecule has 4 aromatic carbocycles. The number of hydrogen-bond acceptors (Lipinski definition) is 7. The van der Waals surface area contributed by atoms with E-state index < -0.39 is 4.92 Å². The Labute approximate surface area is 184 Å². The quantitative estimate of drug-likeness (QED) is 0.200. The largest absolute Gasteiger partial charge is 0.508 e. The van der Waals surface area contributed by atoms with Gasteiger partial charge in [-0.2, -0.15) is 20.5 Å². The van der Waals surface area contributed by atoms with Gasteiger partial charge in [0.15, 0.2) is 0 Å². The number of benzene rings is 4. The number of nitro benzene ring substituents is 1. The molecule has 0 amide bonds. The number of hydrogen-bond donors (Lipinski definition) is 1. The monoisotopic (exact) mass is 425 g/mol. The lowest BCUT2D eigenvalue weighted by atomic mass is 10.3. The predicted molar refractivity (Wildman–Crippen MR) is 122 cm³/mol. The van der Waals surface area contributed by atoms with E-state index in [2.05, 4.69) is 20.5 Å². The highest BCUT2D eigenvalue weighted by Gasteiger charge is 2.02. The Hall–Kier alpha value is -4.72. The van der Waals surface area contributed by atoms with Crippen molar-refractivity contribution in [3.8, 4) is 5.75 Å². The van der Waals surface area contributed by atoms with Gasteiger partial charge >= 0.3 is 0 Å². The smallest absolute Gasteiger partial charge is 0.269 e. The average Bonchev–Trinajstić information content (AvgIpc) is 2.84. The number of nitrogens with zero attached hydrogens (tertiary/aromatic N) is 5. The summed E-state index contributed by atoms with van der Waals surface area (Å²) < 4.78 is 0. The standard InChI is InChI=1S/C12H9N3O3.C12H10N2/c16-12-7-3-10(4-8-12)14-13-9-1-5-11(6-2-9)15(17)18;1-3-7-11(8-4-1)13-14-12-9-5-2-6-10-12/h1-8,16H;1-10H. The molecule has 0 saturated carbocycles. The minimum atomic E-state index is -0.471. The fraction of sp³-hybridized carbons (Fsp3) is 0. The summed E-state index contributed by atoms with van der Waals surface area (Å²) in [5.41, 5.74) is 2.87. The van der Waals surface area contributed by atoms with E-state index in [0.717, 1.165) is 11.4 Å². The van der Waals surface area contributed by atoms with Crippen LogP contribution in [-0.4, -0.2) is 10.0 Å². The molecular weight excluding hydrogens is 406 g/mol. The van der Waals surface area contributed by atoms with Gasteiger partial charge in [0.05, 0.1) is 27.7 Å². The zero-order chi connectivity index (χ0) is 22.6. The minimum Gasteiger partial charge on any atom is -0.508 e. The molecule has 4 aromatic rings. The summed E-state index contributed by atoms with van der Waals surface area (Å²) in [4.78, 5) is 9.98. The third-order valence-electron chi connectivity index (χ3n) is 3.98. The first-order chi connectivity index (χ1) is 15.6. The summed E-state index contributed by atoms with van der Waals surface area (Å²) in [6.07, 6.45) is 0. The zero-order valence-corrected chi connectivity index (χ0v) is 16.9. The number of phenols is 1. The van der Waals surface area contributed by atoms with Crippen molar-refractivity contribution in [2.75, 3.05) is 0 Å². The fourth-order valence-corrected chi connectivity index (χ4v) is 2.38. The van der Waals surface area contributed by atoms with Crippen molar-refractivity contribution in [3.63, 3.8) is 0 Å². The molecule has 0 fully saturated rings. The molecule has 0 unspecified atom stereocenters. The molecule has 0 heterocycles. The van der Waals surface area contributed by atoms with Gasteiger partial charge in [-0.1, -0.05) is 36.4 Å². The van der Waals surface area contributed by atoms with Gasteiger partial charge in [-0.05, 0) is 60.7 Å². The van der Waals surface area contributed by atoms with E-state index >= 15 is 0 Å². The van der Waals surface area contributed by atoms with Crippen LogP contribution in [0.3, 0.4) is 0 Å². The highest BCUT2D eigenvalue weighted by atomic mass is 16.6. The summed E-state index contributed by atoms with van der Waals surface area (Å²) in [5, 5.41) is 35.6. The second-order valence-electron chi connectivity index (χ2n) is 6.36. The highest BCUT2D eigenvalue weighted by Crippen LogP contribution is 2.22. The Morgan fingerprint density at radius 1 is 0.531 bits per heavy atom. The topological polar surface area (TPSA) is 113 Å². The number of non-ortho nitro benzene ring substituents is 1.